The van der Waals surface area contributed by atoms with E-state index in [9.17, 15) is 0 Å². The summed E-state index contributed by atoms with van der Waals surface area (Å²) in [5.41, 5.74) is 3.78. The molecule has 0 spiro atoms. The number of hydrogen-bond acceptors (Lipinski definition) is 3. The van der Waals surface area contributed by atoms with E-state index >= 15 is 0 Å². The smallest absolute Gasteiger partial charge is 0.194 e. The van der Waals surface area contributed by atoms with Gasteiger partial charge in [0, 0.05) is 23.7 Å². The van der Waals surface area contributed by atoms with Crippen LogP contribution < -0.4 is 5.32 Å². The molecule has 3 rings (SSSR count). The molecule has 1 unspecified atom stereocenters. The fraction of sp³-hybridized carbons (Fsp3) is 0.643. The second kappa shape index (κ2) is 4.67. The minimum absolute atomic E-state index is 0.612. The largest absolute Gasteiger partial charge is 0.309 e. The lowest BCUT2D eigenvalue weighted by Crippen LogP contribution is -2.26. The molecule has 2 heterocycles. The van der Waals surface area contributed by atoms with Gasteiger partial charge in [0.25, 0.3) is 0 Å². The molecule has 1 fully saturated rings. The van der Waals surface area contributed by atoms with Gasteiger partial charge in [-0.25, -0.2) is 4.98 Å². The van der Waals surface area contributed by atoms with Crippen LogP contribution in [0.3, 0.4) is 0 Å². The Labute approximate surface area is 112 Å². The average Bonchev–Trinajstić information content (AvgIpc) is 2.98. The van der Waals surface area contributed by atoms with Crippen LogP contribution in [-0.4, -0.2) is 15.4 Å². The van der Waals surface area contributed by atoms with Crippen LogP contribution in [0.5, 0.6) is 0 Å². The lowest BCUT2D eigenvalue weighted by molar-refractivity contribution is 0.482. The van der Waals surface area contributed by atoms with Crippen LogP contribution in [0.2, 0.25) is 0 Å². The molecule has 0 aliphatic heterocycles. The van der Waals surface area contributed by atoms with E-state index in [1.807, 2.05) is 0 Å². The van der Waals surface area contributed by atoms with Gasteiger partial charge in [0.05, 0.1) is 11.4 Å². The fourth-order valence-electron chi connectivity index (χ4n) is 2.58. The second-order valence-electron chi connectivity index (χ2n) is 5.60. The molecular formula is C14H21N3S. The second-order valence-corrected chi connectivity index (χ2v) is 6.44. The summed E-state index contributed by atoms with van der Waals surface area (Å²) < 4.78 is 2.29. The van der Waals surface area contributed by atoms with Gasteiger partial charge in [-0.1, -0.05) is 12.8 Å². The number of imidazole rings is 1. The zero-order valence-electron chi connectivity index (χ0n) is 11.4. The average molecular weight is 263 g/mol. The van der Waals surface area contributed by atoms with Crippen LogP contribution in [0.15, 0.2) is 5.38 Å². The highest BCUT2D eigenvalue weighted by Crippen LogP contribution is 2.33. The number of nitrogens with one attached hydrogen (secondary N) is 1. The molecule has 0 saturated heterocycles. The Morgan fingerprint density at radius 1 is 1.50 bits per heavy atom. The van der Waals surface area contributed by atoms with Gasteiger partial charge in [-0.2, -0.15) is 0 Å². The summed E-state index contributed by atoms with van der Waals surface area (Å²) in [5.74, 6) is 0.988. The first-order chi connectivity index (χ1) is 8.65. The van der Waals surface area contributed by atoms with Crippen LogP contribution in [0.1, 0.15) is 43.3 Å². The molecule has 1 aliphatic rings. The molecule has 0 bridgehead atoms. The highest BCUT2D eigenvalue weighted by molar-refractivity contribution is 7.15. The van der Waals surface area contributed by atoms with Crippen LogP contribution in [0.4, 0.5) is 0 Å². The highest BCUT2D eigenvalue weighted by atomic mass is 32.1. The molecule has 1 saturated carbocycles. The third-order valence-corrected chi connectivity index (χ3v) is 4.78. The first-order valence-electron chi connectivity index (χ1n) is 6.80. The summed E-state index contributed by atoms with van der Waals surface area (Å²) in [6.45, 7) is 7.49. The van der Waals surface area contributed by atoms with E-state index in [-0.39, 0.29) is 0 Å². The Hall–Kier alpha value is -0.870. The van der Waals surface area contributed by atoms with E-state index in [0.717, 1.165) is 23.1 Å². The third kappa shape index (κ3) is 2.31. The minimum Gasteiger partial charge on any atom is -0.309 e. The molecule has 4 heteroatoms. The van der Waals surface area contributed by atoms with Crippen molar-refractivity contribution in [1.29, 1.82) is 0 Å². The highest BCUT2D eigenvalue weighted by Gasteiger charge is 2.23. The number of rotatable bonds is 5. The van der Waals surface area contributed by atoms with Crippen molar-refractivity contribution in [3.8, 4) is 0 Å². The van der Waals surface area contributed by atoms with Gasteiger partial charge in [0.15, 0.2) is 4.96 Å². The molecule has 1 N–H and O–H groups in total. The number of thiazole rings is 1. The molecule has 3 nitrogen and oxygen atoms in total. The van der Waals surface area contributed by atoms with Crippen LogP contribution in [-0.2, 0) is 6.54 Å². The zero-order valence-corrected chi connectivity index (χ0v) is 12.2. The molecule has 0 amide bonds. The van der Waals surface area contributed by atoms with Crippen molar-refractivity contribution in [3.63, 3.8) is 0 Å². The molecular weight excluding hydrogens is 242 g/mol. The van der Waals surface area contributed by atoms with E-state index in [1.54, 1.807) is 11.3 Å². The molecule has 18 heavy (non-hydrogen) atoms. The van der Waals surface area contributed by atoms with Crippen molar-refractivity contribution < 1.29 is 0 Å². The van der Waals surface area contributed by atoms with Gasteiger partial charge >= 0.3 is 0 Å². The van der Waals surface area contributed by atoms with Crippen molar-refractivity contribution in [2.45, 2.75) is 52.6 Å². The van der Waals surface area contributed by atoms with Crippen molar-refractivity contribution in [1.82, 2.24) is 14.7 Å². The Bertz CT molecular complexity index is 551. The van der Waals surface area contributed by atoms with Crippen LogP contribution >= 0.6 is 11.3 Å². The number of aryl methyl sites for hydroxylation is 2. The Morgan fingerprint density at radius 3 is 3.00 bits per heavy atom. The Kier molecular flexibility index (Phi) is 3.16. The summed E-state index contributed by atoms with van der Waals surface area (Å²) in [5, 5.41) is 5.83. The van der Waals surface area contributed by atoms with Gasteiger partial charge in [-0.05, 0) is 33.1 Å². The number of fused-ring (bicyclic) bond motifs is 1. The van der Waals surface area contributed by atoms with Crippen molar-refractivity contribution >= 4 is 16.3 Å². The van der Waals surface area contributed by atoms with Crippen LogP contribution in [0, 0.1) is 19.8 Å². The predicted octanol–water partition coefficient (Wildman–Crippen LogP) is 3.29. The molecule has 2 aromatic rings. The first kappa shape index (κ1) is 12.2. The van der Waals surface area contributed by atoms with Gasteiger partial charge < -0.3 is 5.32 Å². The minimum atomic E-state index is 0.612. The van der Waals surface area contributed by atoms with E-state index < -0.39 is 0 Å². The normalized spacial score (nSPS) is 17.5. The molecule has 1 aliphatic carbocycles. The van der Waals surface area contributed by atoms with Crippen molar-refractivity contribution in [2.24, 2.45) is 5.92 Å². The molecule has 98 valence electrons. The molecule has 0 radical (unpaired) electrons. The molecule has 1 atom stereocenters. The monoisotopic (exact) mass is 263 g/mol. The van der Waals surface area contributed by atoms with Crippen molar-refractivity contribution in [2.75, 3.05) is 0 Å². The summed E-state index contributed by atoms with van der Waals surface area (Å²) in [6, 6.07) is 0.612. The summed E-state index contributed by atoms with van der Waals surface area (Å²) in [4.78, 5) is 5.75. The quantitative estimate of drug-likeness (QED) is 0.897. The zero-order chi connectivity index (χ0) is 12.7. The maximum Gasteiger partial charge on any atom is 0.194 e. The number of aromatic nitrogens is 2. The standard InChI is InChI=1S/C14H21N3S/c1-9(6-12-4-5-12)15-7-13-11(3)16-14-17(13)10(2)8-18-14/h8-9,12,15H,4-7H2,1-3H3. The molecule has 0 aromatic carbocycles. The summed E-state index contributed by atoms with van der Waals surface area (Å²) >= 11 is 1.73. The lowest BCUT2D eigenvalue weighted by atomic mass is 10.1. The maximum absolute atomic E-state index is 4.63. The fourth-order valence-corrected chi connectivity index (χ4v) is 3.51. The van der Waals surface area contributed by atoms with Gasteiger partial charge in [0.1, 0.15) is 0 Å². The van der Waals surface area contributed by atoms with E-state index in [4.69, 9.17) is 0 Å². The number of hydrogen-bond donors (Lipinski definition) is 1. The predicted molar refractivity (Wildman–Crippen MR) is 76.2 cm³/mol. The topological polar surface area (TPSA) is 29.3 Å². The first-order valence-corrected chi connectivity index (χ1v) is 7.68. The third-order valence-electron chi connectivity index (χ3n) is 3.83. The van der Waals surface area contributed by atoms with Gasteiger partial charge in [-0.3, -0.25) is 4.40 Å². The van der Waals surface area contributed by atoms with Gasteiger partial charge in [0.2, 0.25) is 0 Å². The van der Waals surface area contributed by atoms with E-state index in [1.165, 1.54) is 30.7 Å². The summed E-state index contributed by atoms with van der Waals surface area (Å²) in [6.07, 6.45) is 4.20. The van der Waals surface area contributed by atoms with Crippen molar-refractivity contribution in [3.05, 3.63) is 22.5 Å². The summed E-state index contributed by atoms with van der Waals surface area (Å²) in [7, 11) is 0. The molecule has 2 aromatic heterocycles. The maximum atomic E-state index is 4.63. The van der Waals surface area contributed by atoms with Crippen LogP contribution in [0.25, 0.3) is 4.96 Å². The number of nitrogens with zero attached hydrogens (tertiary/aromatic N) is 2. The van der Waals surface area contributed by atoms with E-state index in [0.29, 0.717) is 6.04 Å². The van der Waals surface area contributed by atoms with E-state index in [2.05, 4.69) is 40.9 Å². The SMILES string of the molecule is Cc1nc2scc(C)n2c1CNC(C)CC1CC1. The Balaban J connectivity index is 1.72. The van der Waals surface area contributed by atoms with Gasteiger partial charge in [-0.15, -0.1) is 11.3 Å². The Morgan fingerprint density at radius 2 is 2.28 bits per heavy atom. The lowest BCUT2D eigenvalue weighted by Gasteiger charge is -2.13.